The van der Waals surface area contributed by atoms with Gasteiger partial charge in [-0.15, -0.1) is 11.3 Å². The van der Waals surface area contributed by atoms with Crippen molar-refractivity contribution in [3.63, 3.8) is 0 Å². The van der Waals surface area contributed by atoms with Gasteiger partial charge in [0.15, 0.2) is 0 Å². The fourth-order valence-corrected chi connectivity index (χ4v) is 2.49. The summed E-state index contributed by atoms with van der Waals surface area (Å²) in [7, 11) is 0. The van der Waals surface area contributed by atoms with Crippen molar-refractivity contribution in [2.24, 2.45) is 5.92 Å². The molecule has 0 radical (unpaired) electrons. The van der Waals surface area contributed by atoms with Crippen molar-refractivity contribution in [2.75, 3.05) is 6.54 Å². The fraction of sp³-hybridized carbons (Fsp3) is 0.750. The van der Waals surface area contributed by atoms with Crippen LogP contribution in [0.5, 0.6) is 0 Å². The number of rotatable bonds is 7. The summed E-state index contributed by atoms with van der Waals surface area (Å²) in [6.45, 7) is 6.97. The summed E-state index contributed by atoms with van der Waals surface area (Å²) in [5.41, 5.74) is 2.90. The zero-order chi connectivity index (χ0) is 12.0. The minimum Gasteiger partial charge on any atom is -0.392 e. The number of nitrogens with one attached hydrogen (secondary N) is 1. The van der Waals surface area contributed by atoms with Gasteiger partial charge < -0.3 is 10.4 Å². The van der Waals surface area contributed by atoms with E-state index in [4.69, 9.17) is 0 Å². The average molecular weight is 242 g/mol. The number of aromatic nitrogens is 1. The van der Waals surface area contributed by atoms with E-state index in [9.17, 15) is 5.11 Å². The first kappa shape index (κ1) is 13.6. The Hall–Kier alpha value is -0.450. The van der Waals surface area contributed by atoms with E-state index in [1.807, 2.05) is 10.9 Å². The maximum absolute atomic E-state index is 9.98. The molecule has 0 fully saturated rings. The van der Waals surface area contributed by atoms with E-state index in [1.54, 1.807) is 11.3 Å². The molecule has 1 rings (SSSR count). The van der Waals surface area contributed by atoms with E-state index < -0.39 is 0 Å². The molecule has 1 heterocycles. The van der Waals surface area contributed by atoms with Gasteiger partial charge in [-0.25, -0.2) is 4.98 Å². The van der Waals surface area contributed by atoms with Crippen LogP contribution in [0.1, 0.15) is 45.3 Å². The molecule has 1 aromatic heterocycles. The number of nitrogens with zero attached hydrogens (tertiary/aromatic N) is 1. The smallest absolute Gasteiger partial charge is 0.0795 e. The molecule has 2 unspecified atom stereocenters. The molecule has 3 nitrogen and oxygen atoms in total. The lowest BCUT2D eigenvalue weighted by atomic mass is 9.96. The highest BCUT2D eigenvalue weighted by Gasteiger charge is 2.16. The molecule has 2 N–H and O–H groups in total. The third-order valence-electron chi connectivity index (χ3n) is 3.12. The van der Waals surface area contributed by atoms with Gasteiger partial charge in [-0.05, 0) is 12.8 Å². The topological polar surface area (TPSA) is 45.1 Å². The monoisotopic (exact) mass is 242 g/mol. The van der Waals surface area contributed by atoms with E-state index in [2.05, 4.69) is 31.1 Å². The van der Waals surface area contributed by atoms with Crippen molar-refractivity contribution in [3.8, 4) is 0 Å². The van der Waals surface area contributed by atoms with E-state index in [0.717, 1.165) is 18.5 Å². The molecule has 92 valence electrons. The second kappa shape index (κ2) is 6.99. The van der Waals surface area contributed by atoms with Gasteiger partial charge >= 0.3 is 0 Å². The number of aliphatic hydroxyl groups excluding tert-OH is 1. The molecule has 2 atom stereocenters. The lowest BCUT2D eigenvalue weighted by molar-refractivity contribution is 0.0988. The Morgan fingerprint density at radius 2 is 2.12 bits per heavy atom. The second-order valence-electron chi connectivity index (χ2n) is 4.19. The molecule has 0 bridgehead atoms. The molecule has 0 aromatic carbocycles. The Morgan fingerprint density at radius 3 is 2.62 bits per heavy atom. The highest BCUT2D eigenvalue weighted by atomic mass is 32.1. The minimum absolute atomic E-state index is 0.218. The van der Waals surface area contributed by atoms with Crippen LogP contribution in [0.2, 0.25) is 0 Å². The number of aliphatic hydroxyl groups is 1. The van der Waals surface area contributed by atoms with Crippen LogP contribution in [-0.4, -0.2) is 22.7 Å². The van der Waals surface area contributed by atoms with E-state index in [-0.39, 0.29) is 12.1 Å². The van der Waals surface area contributed by atoms with Crippen molar-refractivity contribution in [1.29, 1.82) is 0 Å². The summed E-state index contributed by atoms with van der Waals surface area (Å²) < 4.78 is 0. The van der Waals surface area contributed by atoms with Crippen molar-refractivity contribution < 1.29 is 5.11 Å². The zero-order valence-electron chi connectivity index (χ0n) is 10.3. The number of hydrogen-bond acceptors (Lipinski definition) is 4. The van der Waals surface area contributed by atoms with Gasteiger partial charge in [-0.2, -0.15) is 0 Å². The van der Waals surface area contributed by atoms with Crippen LogP contribution >= 0.6 is 11.3 Å². The molecule has 0 saturated carbocycles. The summed E-state index contributed by atoms with van der Waals surface area (Å²) >= 11 is 1.60. The van der Waals surface area contributed by atoms with Crippen LogP contribution in [0.15, 0.2) is 10.9 Å². The molecule has 0 amide bonds. The van der Waals surface area contributed by atoms with Crippen molar-refractivity contribution >= 4 is 11.3 Å². The molecule has 0 aliphatic rings. The molecular weight excluding hydrogens is 220 g/mol. The molecule has 0 aliphatic heterocycles. The maximum atomic E-state index is 9.98. The number of thiazole rings is 1. The average Bonchev–Trinajstić information content (AvgIpc) is 2.81. The standard InChI is InChI=1S/C12H22N2OS/c1-4-10(5-2)12(15)6-13-9(3)11-7-16-8-14-11/h7-10,12-13,15H,4-6H2,1-3H3. The molecule has 0 aliphatic carbocycles. The zero-order valence-corrected chi connectivity index (χ0v) is 11.1. The highest BCUT2D eigenvalue weighted by Crippen LogP contribution is 2.15. The number of hydrogen-bond donors (Lipinski definition) is 2. The van der Waals surface area contributed by atoms with Crippen LogP contribution in [-0.2, 0) is 0 Å². The first-order chi connectivity index (χ1) is 7.69. The predicted molar refractivity (Wildman–Crippen MR) is 68.6 cm³/mol. The van der Waals surface area contributed by atoms with Gasteiger partial charge in [0.1, 0.15) is 0 Å². The Bertz CT molecular complexity index is 273. The highest BCUT2D eigenvalue weighted by molar-refractivity contribution is 7.07. The summed E-state index contributed by atoms with van der Waals surface area (Å²) in [5.74, 6) is 0.398. The van der Waals surface area contributed by atoms with Gasteiger partial charge in [0.25, 0.3) is 0 Å². The van der Waals surface area contributed by atoms with Gasteiger partial charge in [-0.3, -0.25) is 0 Å². The maximum Gasteiger partial charge on any atom is 0.0795 e. The molecule has 1 aromatic rings. The van der Waals surface area contributed by atoms with E-state index in [1.165, 1.54) is 0 Å². The van der Waals surface area contributed by atoms with Crippen LogP contribution in [0.3, 0.4) is 0 Å². The van der Waals surface area contributed by atoms with Gasteiger partial charge in [0, 0.05) is 18.0 Å². The predicted octanol–water partition coefficient (Wildman–Crippen LogP) is 2.59. The first-order valence-electron chi connectivity index (χ1n) is 5.98. The van der Waals surface area contributed by atoms with Crippen LogP contribution < -0.4 is 5.32 Å². The Morgan fingerprint density at radius 1 is 1.44 bits per heavy atom. The fourth-order valence-electron chi connectivity index (χ4n) is 1.84. The van der Waals surface area contributed by atoms with Crippen LogP contribution in [0.4, 0.5) is 0 Å². The Kier molecular flexibility index (Phi) is 5.95. The Labute approximate surface area is 102 Å². The SMILES string of the molecule is CCC(CC)C(O)CNC(C)c1cscn1. The minimum atomic E-state index is -0.254. The normalized spacial score (nSPS) is 15.3. The van der Waals surface area contributed by atoms with Crippen molar-refractivity contribution in [3.05, 3.63) is 16.6 Å². The summed E-state index contributed by atoms with van der Waals surface area (Å²) in [6, 6.07) is 0.218. The second-order valence-corrected chi connectivity index (χ2v) is 4.91. The first-order valence-corrected chi connectivity index (χ1v) is 6.92. The molecule has 16 heavy (non-hydrogen) atoms. The largest absolute Gasteiger partial charge is 0.392 e. The molecular formula is C12H22N2OS. The lowest BCUT2D eigenvalue weighted by Gasteiger charge is -2.22. The van der Waals surface area contributed by atoms with E-state index >= 15 is 0 Å². The van der Waals surface area contributed by atoms with Gasteiger partial charge in [0.2, 0.25) is 0 Å². The molecule has 4 heteroatoms. The van der Waals surface area contributed by atoms with Crippen LogP contribution in [0, 0.1) is 5.92 Å². The Balaban J connectivity index is 2.34. The summed E-state index contributed by atoms with van der Waals surface area (Å²) in [6.07, 6.45) is 1.81. The van der Waals surface area contributed by atoms with Gasteiger partial charge in [-0.1, -0.05) is 26.7 Å². The van der Waals surface area contributed by atoms with Crippen molar-refractivity contribution in [2.45, 2.75) is 45.8 Å². The molecule has 0 spiro atoms. The van der Waals surface area contributed by atoms with Crippen molar-refractivity contribution in [1.82, 2.24) is 10.3 Å². The summed E-state index contributed by atoms with van der Waals surface area (Å²) in [5, 5.41) is 15.3. The van der Waals surface area contributed by atoms with Crippen LogP contribution in [0.25, 0.3) is 0 Å². The third-order valence-corrected chi connectivity index (χ3v) is 3.73. The van der Waals surface area contributed by atoms with Gasteiger partial charge in [0.05, 0.1) is 17.3 Å². The third kappa shape index (κ3) is 3.85. The molecule has 0 saturated heterocycles. The quantitative estimate of drug-likeness (QED) is 0.772. The summed E-state index contributed by atoms with van der Waals surface area (Å²) in [4.78, 5) is 4.25. The lowest BCUT2D eigenvalue weighted by Crippen LogP contribution is -2.34. The van der Waals surface area contributed by atoms with E-state index in [0.29, 0.717) is 12.5 Å².